The highest BCUT2D eigenvalue weighted by Crippen LogP contribution is 2.27. The highest BCUT2D eigenvalue weighted by molar-refractivity contribution is 9.10. The van der Waals surface area contributed by atoms with Gasteiger partial charge in [-0.3, -0.25) is 4.79 Å². The molecule has 1 fully saturated rings. The zero-order valence-electron chi connectivity index (χ0n) is 11.7. The Bertz CT molecular complexity index is 515. The van der Waals surface area contributed by atoms with Gasteiger partial charge in [0, 0.05) is 19.0 Å². The van der Waals surface area contributed by atoms with Gasteiger partial charge in [0.1, 0.15) is 10.6 Å². The molecule has 1 aliphatic carbocycles. The molecule has 0 bridgehead atoms. The van der Waals surface area contributed by atoms with E-state index < -0.39 is 12.0 Å². The van der Waals surface area contributed by atoms with Crippen LogP contribution in [0.15, 0.2) is 22.9 Å². The van der Waals surface area contributed by atoms with Crippen molar-refractivity contribution in [3.8, 4) is 0 Å². The van der Waals surface area contributed by atoms with Gasteiger partial charge in [-0.25, -0.2) is 9.78 Å². The molecule has 0 spiro atoms. The zero-order valence-corrected chi connectivity index (χ0v) is 13.3. The van der Waals surface area contributed by atoms with Gasteiger partial charge >= 0.3 is 5.97 Å². The number of aromatic nitrogens is 1. The largest absolute Gasteiger partial charge is 0.480 e. The lowest BCUT2D eigenvalue weighted by molar-refractivity contribution is -0.141. The van der Waals surface area contributed by atoms with E-state index in [2.05, 4.69) is 26.2 Å². The van der Waals surface area contributed by atoms with Gasteiger partial charge in [0.15, 0.2) is 0 Å². The van der Waals surface area contributed by atoms with E-state index in [0.29, 0.717) is 16.9 Å². The summed E-state index contributed by atoms with van der Waals surface area (Å²) in [6.07, 6.45) is 6.75. The van der Waals surface area contributed by atoms with Crippen LogP contribution in [-0.2, 0) is 16.0 Å². The Hall–Kier alpha value is -1.43. The van der Waals surface area contributed by atoms with Crippen LogP contribution in [0.5, 0.6) is 0 Å². The minimum Gasteiger partial charge on any atom is -0.480 e. The molecule has 2 rings (SSSR count). The van der Waals surface area contributed by atoms with Gasteiger partial charge in [-0.05, 0) is 46.3 Å². The predicted octanol–water partition coefficient (Wildman–Crippen LogP) is 2.54. The van der Waals surface area contributed by atoms with E-state index in [1.165, 1.54) is 12.8 Å². The third kappa shape index (κ3) is 4.81. The van der Waals surface area contributed by atoms with E-state index in [-0.39, 0.29) is 12.3 Å². The smallest absolute Gasteiger partial charge is 0.326 e. The first-order chi connectivity index (χ1) is 10.1. The molecule has 0 unspecified atom stereocenters. The predicted molar refractivity (Wildman–Crippen MR) is 81.8 cm³/mol. The molecule has 1 aliphatic rings. The van der Waals surface area contributed by atoms with Crippen molar-refractivity contribution >= 4 is 27.8 Å². The van der Waals surface area contributed by atoms with E-state index in [1.54, 1.807) is 18.3 Å². The maximum Gasteiger partial charge on any atom is 0.326 e. The summed E-state index contributed by atoms with van der Waals surface area (Å²) in [5, 5.41) is 11.9. The number of aliphatic carboxylic acids is 1. The molecule has 0 aromatic carbocycles. The highest BCUT2D eigenvalue weighted by atomic mass is 79.9. The van der Waals surface area contributed by atoms with Gasteiger partial charge in [0.25, 0.3) is 0 Å². The Labute approximate surface area is 132 Å². The molecule has 0 aliphatic heterocycles. The third-order valence-electron chi connectivity index (χ3n) is 3.84. The van der Waals surface area contributed by atoms with Gasteiger partial charge in [0.05, 0.1) is 0 Å². The molecule has 1 amide bonds. The zero-order chi connectivity index (χ0) is 15.2. The second kappa shape index (κ2) is 7.54. The molecule has 5 nitrogen and oxygen atoms in total. The first-order valence-corrected chi connectivity index (χ1v) is 7.97. The van der Waals surface area contributed by atoms with Crippen LogP contribution in [-0.4, -0.2) is 28.0 Å². The molecule has 1 aromatic heterocycles. The van der Waals surface area contributed by atoms with Gasteiger partial charge < -0.3 is 10.4 Å². The third-order valence-corrected chi connectivity index (χ3v) is 4.56. The fraction of sp³-hybridized carbons (Fsp3) is 0.533. The fourth-order valence-electron chi connectivity index (χ4n) is 2.72. The van der Waals surface area contributed by atoms with Crippen molar-refractivity contribution < 1.29 is 14.7 Å². The molecule has 6 heteroatoms. The van der Waals surface area contributed by atoms with Crippen molar-refractivity contribution in [3.05, 3.63) is 28.5 Å². The van der Waals surface area contributed by atoms with Crippen LogP contribution in [0.1, 0.15) is 37.7 Å². The van der Waals surface area contributed by atoms with Gasteiger partial charge in [0.2, 0.25) is 5.91 Å². The van der Waals surface area contributed by atoms with Crippen LogP contribution in [0, 0.1) is 5.92 Å². The number of rotatable bonds is 6. The van der Waals surface area contributed by atoms with Crippen LogP contribution < -0.4 is 5.32 Å². The van der Waals surface area contributed by atoms with E-state index in [9.17, 15) is 14.7 Å². The summed E-state index contributed by atoms with van der Waals surface area (Å²) in [6, 6.07) is 2.63. The lowest BCUT2D eigenvalue weighted by atomic mass is 10.0. The number of carbonyl (C=O) groups is 2. The van der Waals surface area contributed by atoms with Crippen molar-refractivity contribution in [1.29, 1.82) is 0 Å². The SMILES string of the molecule is O=C(CC1CCCC1)N[C@@H](Cc1cccnc1Br)C(=O)O. The Morgan fingerprint density at radius 3 is 2.76 bits per heavy atom. The number of carbonyl (C=O) groups excluding carboxylic acids is 1. The summed E-state index contributed by atoms with van der Waals surface area (Å²) >= 11 is 3.29. The first-order valence-electron chi connectivity index (χ1n) is 7.18. The van der Waals surface area contributed by atoms with E-state index in [4.69, 9.17) is 0 Å². The van der Waals surface area contributed by atoms with Gasteiger partial charge in [-0.15, -0.1) is 0 Å². The minimum absolute atomic E-state index is 0.172. The summed E-state index contributed by atoms with van der Waals surface area (Å²) in [5.74, 6) is -0.788. The second-order valence-corrected chi connectivity index (χ2v) is 6.22. The summed E-state index contributed by atoms with van der Waals surface area (Å²) in [4.78, 5) is 27.4. The maximum absolute atomic E-state index is 12.0. The highest BCUT2D eigenvalue weighted by Gasteiger charge is 2.24. The Balaban J connectivity index is 1.94. The van der Waals surface area contributed by atoms with Gasteiger partial charge in [-0.1, -0.05) is 18.9 Å². The summed E-state index contributed by atoms with van der Waals surface area (Å²) < 4.78 is 0.612. The lowest BCUT2D eigenvalue weighted by Crippen LogP contribution is -2.42. The van der Waals surface area contributed by atoms with Crippen molar-refractivity contribution in [2.24, 2.45) is 5.92 Å². The molecule has 21 heavy (non-hydrogen) atoms. The van der Waals surface area contributed by atoms with Crippen molar-refractivity contribution in [2.45, 2.75) is 44.6 Å². The molecular weight excluding hydrogens is 336 g/mol. The summed E-state index contributed by atoms with van der Waals surface area (Å²) in [5.41, 5.74) is 0.770. The van der Waals surface area contributed by atoms with E-state index >= 15 is 0 Å². The fourth-order valence-corrected chi connectivity index (χ4v) is 3.13. The molecule has 1 heterocycles. The molecular formula is C15H19BrN2O3. The number of carboxylic acids is 1. The van der Waals surface area contributed by atoms with Crippen molar-refractivity contribution in [3.63, 3.8) is 0 Å². The standard InChI is InChI=1S/C15H19BrN2O3/c16-14-11(6-3-7-17-14)9-12(15(20)21)18-13(19)8-10-4-1-2-5-10/h3,6-7,10,12H,1-2,4-5,8-9H2,(H,18,19)(H,20,21)/t12-/m0/s1. The Morgan fingerprint density at radius 2 is 2.14 bits per heavy atom. The van der Waals surface area contributed by atoms with Crippen LogP contribution >= 0.6 is 15.9 Å². The normalized spacial score (nSPS) is 16.6. The molecule has 0 radical (unpaired) electrons. The topological polar surface area (TPSA) is 79.3 Å². The molecule has 2 N–H and O–H groups in total. The Morgan fingerprint density at radius 1 is 1.43 bits per heavy atom. The molecule has 1 atom stereocenters. The van der Waals surface area contributed by atoms with Gasteiger partial charge in [-0.2, -0.15) is 0 Å². The van der Waals surface area contributed by atoms with Crippen LogP contribution in [0.4, 0.5) is 0 Å². The Kier molecular flexibility index (Phi) is 5.73. The van der Waals surface area contributed by atoms with Crippen LogP contribution in [0.2, 0.25) is 0 Å². The van der Waals surface area contributed by atoms with Crippen LogP contribution in [0.3, 0.4) is 0 Å². The monoisotopic (exact) mass is 354 g/mol. The number of pyridine rings is 1. The number of nitrogens with one attached hydrogen (secondary N) is 1. The summed E-state index contributed by atoms with van der Waals surface area (Å²) in [6.45, 7) is 0. The number of amides is 1. The minimum atomic E-state index is -1.02. The average Bonchev–Trinajstić information content (AvgIpc) is 2.93. The second-order valence-electron chi connectivity index (χ2n) is 5.47. The quantitative estimate of drug-likeness (QED) is 0.769. The molecule has 1 aromatic rings. The number of halogens is 1. The number of hydrogen-bond acceptors (Lipinski definition) is 3. The van der Waals surface area contributed by atoms with Crippen LogP contribution in [0.25, 0.3) is 0 Å². The molecule has 114 valence electrons. The van der Waals surface area contributed by atoms with E-state index in [1.807, 2.05) is 0 Å². The first kappa shape index (κ1) is 15.9. The molecule has 0 saturated heterocycles. The van der Waals surface area contributed by atoms with Crippen molar-refractivity contribution in [2.75, 3.05) is 0 Å². The molecule has 1 saturated carbocycles. The van der Waals surface area contributed by atoms with E-state index in [0.717, 1.165) is 18.4 Å². The van der Waals surface area contributed by atoms with Crippen molar-refractivity contribution in [1.82, 2.24) is 10.3 Å². The summed E-state index contributed by atoms with van der Waals surface area (Å²) in [7, 11) is 0. The number of hydrogen-bond donors (Lipinski definition) is 2. The maximum atomic E-state index is 12.0. The lowest BCUT2D eigenvalue weighted by Gasteiger charge is -2.16. The number of nitrogens with zero attached hydrogens (tertiary/aromatic N) is 1. The number of carboxylic acid groups (broad SMARTS) is 1. The average molecular weight is 355 g/mol.